The molecule has 0 aliphatic rings. The number of rotatable bonds is 4. The van der Waals surface area contributed by atoms with E-state index < -0.39 is 23.7 Å². The van der Waals surface area contributed by atoms with Gasteiger partial charge in [-0.25, -0.2) is 9.78 Å². The van der Waals surface area contributed by atoms with Gasteiger partial charge in [0.2, 0.25) is 5.95 Å². The van der Waals surface area contributed by atoms with E-state index in [0.29, 0.717) is 11.1 Å². The van der Waals surface area contributed by atoms with Crippen molar-refractivity contribution in [2.24, 2.45) is 0 Å². The van der Waals surface area contributed by atoms with Gasteiger partial charge in [-0.15, -0.1) is 0 Å². The fraction of sp³-hybridized carbons (Fsp3) is 0.150. The molecule has 8 heteroatoms. The van der Waals surface area contributed by atoms with Crippen molar-refractivity contribution in [3.63, 3.8) is 0 Å². The minimum absolute atomic E-state index is 0.0161. The van der Waals surface area contributed by atoms with Crippen LogP contribution in [-0.2, 0) is 10.9 Å². The molecule has 144 valence electrons. The molecule has 0 amide bonds. The molecule has 1 aromatic carbocycles. The molecular weight excluding hydrogens is 376 g/mol. The van der Waals surface area contributed by atoms with E-state index in [1.807, 2.05) is 0 Å². The van der Waals surface area contributed by atoms with Crippen molar-refractivity contribution in [2.75, 3.05) is 6.61 Å². The van der Waals surface area contributed by atoms with Gasteiger partial charge in [0.05, 0.1) is 23.4 Å². The third kappa shape index (κ3) is 4.16. The molecule has 2 heterocycles. The number of alkyl halides is 3. The van der Waals surface area contributed by atoms with Gasteiger partial charge in [0.25, 0.3) is 0 Å². The van der Waals surface area contributed by atoms with Crippen LogP contribution in [0, 0.1) is 5.95 Å². The lowest BCUT2D eigenvalue weighted by atomic mass is 10.00. The van der Waals surface area contributed by atoms with Crippen LogP contribution in [0.15, 0.2) is 54.9 Å². The lowest BCUT2D eigenvalue weighted by Crippen LogP contribution is -2.08. The summed E-state index contributed by atoms with van der Waals surface area (Å²) >= 11 is 0. The second kappa shape index (κ2) is 7.75. The Morgan fingerprint density at radius 3 is 2.50 bits per heavy atom. The van der Waals surface area contributed by atoms with Gasteiger partial charge in [0.1, 0.15) is 0 Å². The van der Waals surface area contributed by atoms with Gasteiger partial charge in [-0.3, -0.25) is 4.98 Å². The number of pyridine rings is 2. The second-order valence-corrected chi connectivity index (χ2v) is 5.79. The second-order valence-electron chi connectivity index (χ2n) is 5.79. The SMILES string of the molecule is CCOC(=O)c1cc(-c2cccc(C(F)(F)F)c2)cnc1-c1ccnc(F)c1. The highest BCUT2D eigenvalue weighted by Crippen LogP contribution is 2.33. The van der Waals surface area contributed by atoms with Crippen LogP contribution < -0.4 is 0 Å². The first-order valence-corrected chi connectivity index (χ1v) is 8.26. The van der Waals surface area contributed by atoms with Crippen molar-refractivity contribution >= 4 is 5.97 Å². The van der Waals surface area contributed by atoms with Gasteiger partial charge < -0.3 is 4.74 Å². The van der Waals surface area contributed by atoms with Gasteiger partial charge in [-0.1, -0.05) is 12.1 Å². The molecule has 0 atom stereocenters. The summed E-state index contributed by atoms with van der Waals surface area (Å²) in [5.74, 6) is -1.47. The first-order chi connectivity index (χ1) is 13.3. The van der Waals surface area contributed by atoms with Crippen LogP contribution in [0.4, 0.5) is 17.6 Å². The van der Waals surface area contributed by atoms with Crippen LogP contribution in [0.25, 0.3) is 22.4 Å². The monoisotopic (exact) mass is 390 g/mol. The standard InChI is InChI=1S/C20H14F4N2O2/c1-2-28-19(27)16-9-14(12-4-3-5-15(8-12)20(22,23)24)11-26-18(16)13-6-7-25-17(21)10-13/h3-11H,2H2,1H3. The third-order valence-electron chi connectivity index (χ3n) is 3.91. The average Bonchev–Trinajstić information content (AvgIpc) is 2.67. The number of aromatic nitrogens is 2. The molecule has 4 nitrogen and oxygen atoms in total. The van der Waals surface area contributed by atoms with Crippen LogP contribution in [0.3, 0.4) is 0 Å². The largest absolute Gasteiger partial charge is 0.462 e. The van der Waals surface area contributed by atoms with E-state index in [1.54, 1.807) is 6.92 Å². The van der Waals surface area contributed by atoms with Crippen molar-refractivity contribution in [2.45, 2.75) is 13.1 Å². The molecule has 3 rings (SSSR count). The van der Waals surface area contributed by atoms with E-state index >= 15 is 0 Å². The summed E-state index contributed by atoms with van der Waals surface area (Å²) in [7, 11) is 0. The summed E-state index contributed by atoms with van der Waals surface area (Å²) in [5, 5.41) is 0. The summed E-state index contributed by atoms with van der Waals surface area (Å²) in [6, 6.07) is 8.64. The zero-order valence-electron chi connectivity index (χ0n) is 14.6. The van der Waals surface area contributed by atoms with Gasteiger partial charge in [-0.2, -0.15) is 17.6 Å². The van der Waals surface area contributed by atoms with E-state index in [1.165, 1.54) is 36.7 Å². The summed E-state index contributed by atoms with van der Waals surface area (Å²) in [4.78, 5) is 20.0. The molecule has 0 spiro atoms. The lowest BCUT2D eigenvalue weighted by molar-refractivity contribution is -0.137. The maximum Gasteiger partial charge on any atom is 0.416 e. The van der Waals surface area contributed by atoms with Crippen LogP contribution in [0.2, 0.25) is 0 Å². The number of esters is 1. The van der Waals surface area contributed by atoms with E-state index in [2.05, 4.69) is 9.97 Å². The van der Waals surface area contributed by atoms with Crippen LogP contribution in [0.5, 0.6) is 0 Å². The quantitative estimate of drug-likeness (QED) is 0.351. The molecule has 0 aliphatic carbocycles. The maximum absolute atomic E-state index is 13.5. The number of benzene rings is 1. The van der Waals surface area contributed by atoms with Crippen LogP contribution in [-0.4, -0.2) is 22.5 Å². The van der Waals surface area contributed by atoms with E-state index in [4.69, 9.17) is 4.74 Å². The number of ether oxygens (including phenoxy) is 1. The number of carbonyl (C=O) groups is 1. The zero-order chi connectivity index (χ0) is 20.3. The van der Waals surface area contributed by atoms with E-state index in [0.717, 1.165) is 18.2 Å². The normalized spacial score (nSPS) is 11.3. The molecule has 0 saturated carbocycles. The Morgan fingerprint density at radius 1 is 1.04 bits per heavy atom. The lowest BCUT2D eigenvalue weighted by Gasteiger charge is -2.12. The Balaban J connectivity index is 2.13. The fourth-order valence-corrected chi connectivity index (χ4v) is 2.64. The highest BCUT2D eigenvalue weighted by Gasteiger charge is 2.30. The number of hydrogen-bond acceptors (Lipinski definition) is 4. The Hall–Kier alpha value is -3.29. The molecular formula is C20H14F4N2O2. The van der Waals surface area contributed by atoms with Crippen molar-refractivity contribution in [3.8, 4) is 22.4 Å². The summed E-state index contributed by atoms with van der Waals surface area (Å²) in [5.41, 5.74) is 0.180. The van der Waals surface area contributed by atoms with Crippen molar-refractivity contribution < 1.29 is 27.1 Å². The Kier molecular flexibility index (Phi) is 5.39. The Morgan fingerprint density at radius 2 is 1.82 bits per heavy atom. The van der Waals surface area contributed by atoms with E-state index in [9.17, 15) is 22.4 Å². The van der Waals surface area contributed by atoms with Crippen LogP contribution >= 0.6 is 0 Å². The summed E-state index contributed by atoms with van der Waals surface area (Å²) in [6.45, 7) is 1.71. The topological polar surface area (TPSA) is 52.1 Å². The van der Waals surface area contributed by atoms with Crippen molar-refractivity contribution in [3.05, 3.63) is 71.9 Å². The zero-order valence-corrected chi connectivity index (χ0v) is 14.6. The van der Waals surface area contributed by atoms with Crippen molar-refractivity contribution in [1.82, 2.24) is 9.97 Å². The van der Waals surface area contributed by atoms with Gasteiger partial charge in [-0.05, 0) is 36.8 Å². The first-order valence-electron chi connectivity index (χ1n) is 8.26. The predicted molar refractivity (Wildman–Crippen MR) is 93.8 cm³/mol. The smallest absolute Gasteiger partial charge is 0.416 e. The fourth-order valence-electron chi connectivity index (χ4n) is 2.64. The van der Waals surface area contributed by atoms with Gasteiger partial charge in [0.15, 0.2) is 0 Å². The molecule has 0 aliphatic heterocycles. The number of halogens is 4. The summed E-state index contributed by atoms with van der Waals surface area (Å²) < 4.78 is 57.4. The summed E-state index contributed by atoms with van der Waals surface area (Å²) in [6.07, 6.45) is -1.95. The van der Waals surface area contributed by atoms with Gasteiger partial charge >= 0.3 is 12.1 Å². The molecule has 0 unspecified atom stereocenters. The Bertz CT molecular complexity index is 1020. The molecule has 0 saturated heterocycles. The van der Waals surface area contributed by atoms with Crippen LogP contribution in [0.1, 0.15) is 22.8 Å². The maximum atomic E-state index is 13.5. The molecule has 2 aromatic heterocycles. The number of hydrogen-bond donors (Lipinski definition) is 0. The Labute approximate surface area is 157 Å². The van der Waals surface area contributed by atoms with Crippen molar-refractivity contribution in [1.29, 1.82) is 0 Å². The molecule has 3 aromatic rings. The predicted octanol–water partition coefficient (Wildman–Crippen LogP) is 5.15. The molecule has 0 radical (unpaired) electrons. The minimum Gasteiger partial charge on any atom is -0.462 e. The first kappa shape index (κ1) is 19.5. The third-order valence-corrected chi connectivity index (χ3v) is 3.91. The van der Waals surface area contributed by atoms with E-state index in [-0.39, 0.29) is 23.4 Å². The minimum atomic E-state index is -4.50. The number of carbonyl (C=O) groups excluding carboxylic acids is 1. The molecule has 28 heavy (non-hydrogen) atoms. The molecule has 0 fully saturated rings. The highest BCUT2D eigenvalue weighted by molar-refractivity contribution is 5.97. The van der Waals surface area contributed by atoms with Gasteiger partial charge in [0, 0.05) is 29.6 Å². The molecule has 0 bridgehead atoms. The number of nitrogens with zero attached hydrogens (tertiary/aromatic N) is 2. The average molecular weight is 390 g/mol. The molecule has 0 N–H and O–H groups in total. The highest BCUT2D eigenvalue weighted by atomic mass is 19.4.